The fraction of sp³-hybridized carbons (Fsp3) is 0.538. The Bertz CT molecular complexity index is 371. The van der Waals surface area contributed by atoms with Gasteiger partial charge in [0.1, 0.15) is 30.9 Å². The van der Waals surface area contributed by atoms with E-state index in [1.165, 1.54) is 7.11 Å². The van der Waals surface area contributed by atoms with Crippen molar-refractivity contribution in [2.45, 2.75) is 24.6 Å². The predicted molar refractivity (Wildman–Crippen MR) is 65.6 cm³/mol. The molecular formula is C13H18O6. The molecule has 19 heavy (non-hydrogen) atoms. The molecule has 1 saturated heterocycles. The molecule has 6 heteroatoms. The van der Waals surface area contributed by atoms with Gasteiger partial charge in [0, 0.05) is 7.11 Å². The van der Waals surface area contributed by atoms with Crippen LogP contribution in [0.3, 0.4) is 0 Å². The van der Waals surface area contributed by atoms with Crippen molar-refractivity contribution in [3.63, 3.8) is 0 Å². The molecule has 0 spiro atoms. The second-order valence-corrected chi connectivity index (χ2v) is 4.23. The molecule has 1 fully saturated rings. The van der Waals surface area contributed by atoms with Gasteiger partial charge in [0.15, 0.2) is 0 Å². The second kappa shape index (κ2) is 6.83. The van der Waals surface area contributed by atoms with Crippen molar-refractivity contribution in [1.82, 2.24) is 0 Å². The molecule has 1 aliphatic rings. The van der Waals surface area contributed by atoms with Gasteiger partial charge >= 0.3 is 0 Å². The number of rotatable bonds is 5. The van der Waals surface area contributed by atoms with Crippen molar-refractivity contribution in [3.05, 3.63) is 30.3 Å². The molecule has 106 valence electrons. The number of benzene rings is 1. The quantitative estimate of drug-likeness (QED) is 0.741. The van der Waals surface area contributed by atoms with Gasteiger partial charge in [-0.1, -0.05) is 18.2 Å². The number of hydrogen-bond acceptors (Lipinski definition) is 6. The van der Waals surface area contributed by atoms with Gasteiger partial charge in [-0.2, -0.15) is 0 Å². The molecule has 0 saturated carbocycles. The average molecular weight is 270 g/mol. The lowest BCUT2D eigenvalue weighted by Crippen LogP contribution is -2.56. The van der Waals surface area contributed by atoms with Gasteiger partial charge in [-0.15, -0.1) is 0 Å². The maximum Gasteiger partial charge on any atom is 0.228 e. The highest BCUT2D eigenvalue weighted by Gasteiger charge is 2.41. The van der Waals surface area contributed by atoms with Crippen molar-refractivity contribution in [1.29, 1.82) is 0 Å². The van der Waals surface area contributed by atoms with E-state index >= 15 is 0 Å². The number of aliphatic hydroxyl groups excluding tert-OH is 2. The van der Waals surface area contributed by atoms with Crippen LogP contribution in [0, 0.1) is 0 Å². The van der Waals surface area contributed by atoms with Crippen LogP contribution in [-0.4, -0.2) is 55.3 Å². The van der Waals surface area contributed by atoms with Crippen LogP contribution in [0.4, 0.5) is 0 Å². The molecule has 0 bridgehead atoms. The van der Waals surface area contributed by atoms with Crippen molar-refractivity contribution in [2.75, 3.05) is 20.5 Å². The van der Waals surface area contributed by atoms with Crippen molar-refractivity contribution in [3.8, 4) is 5.75 Å². The van der Waals surface area contributed by atoms with Crippen molar-refractivity contribution < 1.29 is 29.2 Å². The fourth-order valence-corrected chi connectivity index (χ4v) is 1.86. The second-order valence-electron chi connectivity index (χ2n) is 4.23. The Hall–Kier alpha value is -1.18. The summed E-state index contributed by atoms with van der Waals surface area (Å²) >= 11 is 0. The summed E-state index contributed by atoms with van der Waals surface area (Å²) in [6, 6.07) is 9.01. The van der Waals surface area contributed by atoms with Crippen molar-refractivity contribution >= 4 is 0 Å². The smallest absolute Gasteiger partial charge is 0.228 e. The van der Waals surface area contributed by atoms with Crippen LogP contribution >= 0.6 is 0 Å². The molecule has 1 heterocycles. The summed E-state index contributed by atoms with van der Waals surface area (Å²) in [7, 11) is 1.47. The zero-order chi connectivity index (χ0) is 13.7. The van der Waals surface area contributed by atoms with Gasteiger partial charge in [0.05, 0.1) is 6.61 Å². The van der Waals surface area contributed by atoms with E-state index in [1.807, 2.05) is 18.2 Å². The van der Waals surface area contributed by atoms with Crippen LogP contribution in [0.15, 0.2) is 30.3 Å². The van der Waals surface area contributed by atoms with Crippen LogP contribution in [0.25, 0.3) is 0 Å². The minimum Gasteiger partial charge on any atom is -0.462 e. The lowest BCUT2D eigenvalue weighted by Gasteiger charge is -2.37. The molecule has 1 aromatic rings. The van der Waals surface area contributed by atoms with Crippen LogP contribution in [0.2, 0.25) is 0 Å². The van der Waals surface area contributed by atoms with E-state index in [0.29, 0.717) is 5.75 Å². The SMILES string of the molecule is COCO[C@@H]1[C@@H](O)[C@H](Oc2ccccc2)OC[C@@H]1O. The van der Waals surface area contributed by atoms with Crippen LogP contribution in [0.5, 0.6) is 5.75 Å². The lowest BCUT2D eigenvalue weighted by atomic mass is 10.1. The highest BCUT2D eigenvalue weighted by molar-refractivity contribution is 5.21. The molecule has 6 nitrogen and oxygen atoms in total. The van der Waals surface area contributed by atoms with Crippen LogP contribution in [0.1, 0.15) is 0 Å². The summed E-state index contributed by atoms with van der Waals surface area (Å²) in [5, 5.41) is 19.8. The molecule has 0 aliphatic carbocycles. The number of hydrogen-bond donors (Lipinski definition) is 2. The fourth-order valence-electron chi connectivity index (χ4n) is 1.86. The Labute approximate surface area is 111 Å². The summed E-state index contributed by atoms with van der Waals surface area (Å²) in [5.41, 5.74) is 0. The van der Waals surface area contributed by atoms with Gasteiger partial charge in [0.25, 0.3) is 0 Å². The number of ether oxygens (including phenoxy) is 4. The number of para-hydroxylation sites is 1. The first-order chi connectivity index (χ1) is 9.22. The summed E-state index contributed by atoms with van der Waals surface area (Å²) in [6.45, 7) is 0.0137. The Balaban J connectivity index is 1.98. The first-order valence-corrected chi connectivity index (χ1v) is 6.02. The van der Waals surface area contributed by atoms with E-state index in [4.69, 9.17) is 18.9 Å². The third-order valence-corrected chi connectivity index (χ3v) is 2.80. The Morgan fingerprint density at radius 2 is 2.00 bits per heavy atom. The molecular weight excluding hydrogens is 252 g/mol. The monoisotopic (exact) mass is 270 g/mol. The van der Waals surface area contributed by atoms with Crippen LogP contribution < -0.4 is 4.74 Å². The minimum atomic E-state index is -1.10. The summed E-state index contributed by atoms with van der Waals surface area (Å²) < 4.78 is 20.8. The first-order valence-electron chi connectivity index (χ1n) is 6.02. The molecule has 1 aliphatic heterocycles. The normalized spacial score (nSPS) is 31.1. The number of aliphatic hydroxyl groups is 2. The van der Waals surface area contributed by atoms with Crippen LogP contribution in [-0.2, 0) is 14.2 Å². The van der Waals surface area contributed by atoms with Gasteiger partial charge in [-0.25, -0.2) is 0 Å². The summed E-state index contributed by atoms with van der Waals surface area (Å²) in [6.07, 6.45) is -3.70. The van der Waals surface area contributed by atoms with E-state index in [9.17, 15) is 10.2 Å². The van der Waals surface area contributed by atoms with Gasteiger partial charge < -0.3 is 29.2 Å². The Morgan fingerprint density at radius 1 is 1.26 bits per heavy atom. The molecule has 0 amide bonds. The maximum absolute atomic E-state index is 10.1. The molecule has 0 unspecified atom stereocenters. The molecule has 2 N–H and O–H groups in total. The maximum atomic E-state index is 10.1. The highest BCUT2D eigenvalue weighted by atomic mass is 16.7. The Morgan fingerprint density at radius 3 is 2.68 bits per heavy atom. The zero-order valence-electron chi connectivity index (χ0n) is 10.6. The van der Waals surface area contributed by atoms with E-state index in [0.717, 1.165) is 0 Å². The molecule has 2 rings (SSSR count). The lowest BCUT2D eigenvalue weighted by molar-refractivity contribution is -0.264. The van der Waals surface area contributed by atoms with E-state index < -0.39 is 24.6 Å². The predicted octanol–water partition coefficient (Wildman–Crippen LogP) is 0.133. The molecule has 0 radical (unpaired) electrons. The first kappa shape index (κ1) is 14.2. The highest BCUT2D eigenvalue weighted by Crippen LogP contribution is 2.22. The minimum absolute atomic E-state index is 0.0170. The Kier molecular flexibility index (Phi) is 5.12. The van der Waals surface area contributed by atoms with E-state index in [1.54, 1.807) is 12.1 Å². The van der Waals surface area contributed by atoms with Gasteiger partial charge in [0.2, 0.25) is 6.29 Å². The van der Waals surface area contributed by atoms with E-state index in [-0.39, 0.29) is 13.4 Å². The van der Waals surface area contributed by atoms with Gasteiger partial charge in [-0.05, 0) is 12.1 Å². The third-order valence-electron chi connectivity index (χ3n) is 2.80. The average Bonchev–Trinajstić information content (AvgIpc) is 2.43. The largest absolute Gasteiger partial charge is 0.462 e. The number of methoxy groups -OCH3 is 1. The standard InChI is InChI=1S/C13H18O6/c1-16-8-18-12-10(14)7-17-13(11(12)15)19-9-5-3-2-4-6-9/h2-6,10-15H,7-8H2,1H3/t10-,11+,12-,13-/m0/s1. The molecule has 1 aromatic carbocycles. The zero-order valence-corrected chi connectivity index (χ0v) is 10.6. The van der Waals surface area contributed by atoms with Gasteiger partial charge in [-0.3, -0.25) is 0 Å². The molecule has 0 aromatic heterocycles. The molecule has 4 atom stereocenters. The van der Waals surface area contributed by atoms with E-state index in [2.05, 4.69) is 0 Å². The topological polar surface area (TPSA) is 77.4 Å². The third kappa shape index (κ3) is 3.65. The summed E-state index contributed by atoms with van der Waals surface area (Å²) in [4.78, 5) is 0. The summed E-state index contributed by atoms with van der Waals surface area (Å²) in [5.74, 6) is 0.577. The van der Waals surface area contributed by atoms with Crippen molar-refractivity contribution in [2.24, 2.45) is 0 Å².